The molecule has 3 amide bonds. The fourth-order valence-electron chi connectivity index (χ4n) is 4.50. The van der Waals surface area contributed by atoms with Gasteiger partial charge in [-0.1, -0.05) is 55.8 Å². The summed E-state index contributed by atoms with van der Waals surface area (Å²) in [6.45, 7) is 6.20. The second kappa shape index (κ2) is 10.9. The summed E-state index contributed by atoms with van der Waals surface area (Å²) >= 11 is 0. The largest absolute Gasteiger partial charge is 0.326 e. The highest BCUT2D eigenvalue weighted by molar-refractivity contribution is 7.89. The molecule has 0 radical (unpaired) electrons. The van der Waals surface area contributed by atoms with E-state index in [1.165, 1.54) is 17.0 Å². The molecule has 2 N–H and O–H groups in total. The van der Waals surface area contributed by atoms with Gasteiger partial charge in [0.15, 0.2) is 0 Å². The van der Waals surface area contributed by atoms with Crippen molar-refractivity contribution in [3.63, 3.8) is 0 Å². The molecule has 0 saturated carbocycles. The summed E-state index contributed by atoms with van der Waals surface area (Å²) in [5.74, 6) is -0.855. The van der Waals surface area contributed by atoms with E-state index in [2.05, 4.69) is 13.8 Å². The Kier molecular flexibility index (Phi) is 7.80. The van der Waals surface area contributed by atoms with Gasteiger partial charge in [0, 0.05) is 12.1 Å². The van der Waals surface area contributed by atoms with E-state index in [1.807, 2.05) is 31.2 Å². The Bertz CT molecular complexity index is 1450. The van der Waals surface area contributed by atoms with E-state index in [1.54, 1.807) is 36.4 Å². The Morgan fingerprint density at radius 1 is 0.974 bits per heavy atom. The van der Waals surface area contributed by atoms with Crippen molar-refractivity contribution in [3.8, 4) is 0 Å². The van der Waals surface area contributed by atoms with E-state index in [-0.39, 0.29) is 29.7 Å². The first-order chi connectivity index (χ1) is 18.0. The van der Waals surface area contributed by atoms with Crippen LogP contribution in [0, 0.1) is 6.92 Å². The molecule has 1 fully saturated rings. The molecule has 3 aromatic rings. The molecular weight excluding hydrogens is 502 g/mol. The molecule has 0 aromatic heterocycles. The number of sulfonamides is 1. The van der Waals surface area contributed by atoms with E-state index in [4.69, 9.17) is 5.14 Å². The number of benzene rings is 3. The first-order valence-corrected chi connectivity index (χ1v) is 14.0. The predicted octanol–water partition coefficient (Wildman–Crippen LogP) is 3.78. The monoisotopic (exact) mass is 533 g/mol. The highest BCUT2D eigenvalue weighted by Gasteiger charge is 2.44. The molecule has 3 aromatic carbocycles. The summed E-state index contributed by atoms with van der Waals surface area (Å²) in [5, 5.41) is 5.18. The molecule has 198 valence electrons. The van der Waals surface area contributed by atoms with Crippen molar-refractivity contribution in [2.45, 2.75) is 50.5 Å². The van der Waals surface area contributed by atoms with Gasteiger partial charge in [-0.2, -0.15) is 0 Å². The van der Waals surface area contributed by atoms with Gasteiger partial charge < -0.3 is 4.90 Å². The van der Waals surface area contributed by atoms with E-state index < -0.39 is 22.0 Å². The number of imide groups is 1. The van der Waals surface area contributed by atoms with Crippen LogP contribution in [-0.2, 0) is 26.0 Å². The van der Waals surface area contributed by atoms with Crippen LogP contribution in [0.4, 0.5) is 5.69 Å². The highest BCUT2D eigenvalue weighted by atomic mass is 32.2. The number of hydrogen-bond donors (Lipinski definition) is 1. The number of nitrogens with two attached hydrogens (primary N) is 1. The first kappa shape index (κ1) is 27.2. The lowest BCUT2D eigenvalue weighted by molar-refractivity contribution is -0.122. The fourth-order valence-corrected chi connectivity index (χ4v) is 5.01. The molecule has 1 aliphatic rings. The topological polar surface area (TPSA) is 118 Å². The van der Waals surface area contributed by atoms with Crippen molar-refractivity contribution in [1.82, 2.24) is 4.90 Å². The summed E-state index contributed by atoms with van der Waals surface area (Å²) < 4.78 is 23.1. The number of carbonyl (C=O) groups is 3. The Labute approximate surface area is 223 Å². The zero-order chi connectivity index (χ0) is 27.6. The first-order valence-electron chi connectivity index (χ1n) is 12.4. The van der Waals surface area contributed by atoms with Crippen molar-refractivity contribution < 1.29 is 22.8 Å². The van der Waals surface area contributed by atoms with Crippen LogP contribution in [0.3, 0.4) is 0 Å². The molecule has 0 spiro atoms. The maximum Gasteiger partial charge on any atom is 0.257 e. The number of rotatable bonds is 8. The molecule has 1 heterocycles. The smallest absolute Gasteiger partial charge is 0.257 e. The minimum Gasteiger partial charge on any atom is -0.326 e. The summed E-state index contributed by atoms with van der Waals surface area (Å²) in [4.78, 5) is 42.8. The van der Waals surface area contributed by atoms with Gasteiger partial charge in [-0.15, -0.1) is 0 Å². The SMILES string of the molecule is Cc1ccc(C(=O)N(CCc2ccc(S(N)(=O)=O)cc2)C2CC(=O)N(c3ccc(C(C)C)cc3)C2=O)cc1. The van der Waals surface area contributed by atoms with Gasteiger partial charge in [-0.25, -0.2) is 18.5 Å². The van der Waals surface area contributed by atoms with Crippen molar-refractivity contribution >= 4 is 33.4 Å². The zero-order valence-corrected chi connectivity index (χ0v) is 22.4. The predicted molar refractivity (Wildman–Crippen MR) is 145 cm³/mol. The Morgan fingerprint density at radius 3 is 2.13 bits per heavy atom. The Hall–Kier alpha value is -3.82. The zero-order valence-electron chi connectivity index (χ0n) is 21.6. The third kappa shape index (κ3) is 5.84. The molecule has 0 bridgehead atoms. The standard InChI is InChI=1S/C29H31N3O5S/c1-19(2)22-10-12-24(13-11-22)32-27(33)18-26(29(32)35)31(28(34)23-8-4-20(3)5-9-23)17-16-21-6-14-25(15-7-21)38(30,36)37/h4-15,19,26H,16-18H2,1-3H3,(H2,30,36,37). The second-order valence-corrected chi connectivity index (χ2v) is 11.4. The van der Waals surface area contributed by atoms with Crippen LogP contribution in [0.15, 0.2) is 77.7 Å². The molecule has 1 aliphatic heterocycles. The quantitative estimate of drug-likeness (QED) is 0.442. The molecule has 4 rings (SSSR count). The molecular formula is C29H31N3O5S. The number of primary sulfonamides is 1. The van der Waals surface area contributed by atoms with Crippen LogP contribution in [0.5, 0.6) is 0 Å². The van der Waals surface area contributed by atoms with E-state index in [9.17, 15) is 22.8 Å². The number of nitrogens with zero attached hydrogens (tertiary/aromatic N) is 2. The Balaban J connectivity index is 1.61. The summed E-state index contributed by atoms with van der Waals surface area (Å²) in [6, 6.07) is 19.5. The minimum absolute atomic E-state index is 0.00969. The van der Waals surface area contributed by atoms with Crippen LogP contribution >= 0.6 is 0 Å². The van der Waals surface area contributed by atoms with Gasteiger partial charge in [0.25, 0.3) is 11.8 Å². The molecule has 1 saturated heterocycles. The highest BCUT2D eigenvalue weighted by Crippen LogP contribution is 2.28. The molecule has 9 heteroatoms. The van der Waals surface area contributed by atoms with Crippen molar-refractivity contribution in [2.24, 2.45) is 5.14 Å². The van der Waals surface area contributed by atoms with Crippen LogP contribution in [0.2, 0.25) is 0 Å². The molecule has 38 heavy (non-hydrogen) atoms. The van der Waals surface area contributed by atoms with E-state index in [0.717, 1.165) is 21.6 Å². The summed E-state index contributed by atoms with van der Waals surface area (Å²) in [6.07, 6.45) is 0.232. The minimum atomic E-state index is -3.82. The van der Waals surface area contributed by atoms with Gasteiger partial charge >= 0.3 is 0 Å². The maximum atomic E-state index is 13.6. The summed E-state index contributed by atoms with van der Waals surface area (Å²) in [5.41, 5.74) is 3.74. The van der Waals surface area contributed by atoms with Gasteiger partial charge in [-0.05, 0) is 66.8 Å². The lowest BCUT2D eigenvalue weighted by Crippen LogP contribution is -2.46. The lowest BCUT2D eigenvalue weighted by atomic mass is 10.0. The van der Waals surface area contributed by atoms with Crippen molar-refractivity contribution in [3.05, 3.63) is 95.1 Å². The third-order valence-electron chi connectivity index (χ3n) is 6.77. The van der Waals surface area contributed by atoms with Crippen LogP contribution in [0.25, 0.3) is 0 Å². The van der Waals surface area contributed by atoms with Crippen LogP contribution in [0.1, 0.15) is 53.2 Å². The van der Waals surface area contributed by atoms with Gasteiger partial charge in [0.2, 0.25) is 15.9 Å². The van der Waals surface area contributed by atoms with Gasteiger partial charge in [-0.3, -0.25) is 14.4 Å². The van der Waals surface area contributed by atoms with Crippen molar-refractivity contribution in [2.75, 3.05) is 11.4 Å². The third-order valence-corrected chi connectivity index (χ3v) is 7.70. The molecule has 0 aliphatic carbocycles. The number of aryl methyl sites for hydroxylation is 1. The fraction of sp³-hybridized carbons (Fsp3) is 0.276. The Morgan fingerprint density at radius 2 is 1.58 bits per heavy atom. The number of hydrogen-bond acceptors (Lipinski definition) is 5. The lowest BCUT2D eigenvalue weighted by Gasteiger charge is -2.28. The van der Waals surface area contributed by atoms with Crippen LogP contribution in [-0.4, -0.2) is 43.6 Å². The number of carbonyl (C=O) groups excluding carboxylic acids is 3. The van der Waals surface area contributed by atoms with Gasteiger partial charge in [0.1, 0.15) is 6.04 Å². The maximum absolute atomic E-state index is 13.6. The van der Waals surface area contributed by atoms with E-state index in [0.29, 0.717) is 23.6 Å². The molecule has 1 atom stereocenters. The van der Waals surface area contributed by atoms with E-state index >= 15 is 0 Å². The number of amides is 3. The average Bonchev–Trinajstić information content (AvgIpc) is 3.17. The van der Waals surface area contributed by atoms with Gasteiger partial charge in [0.05, 0.1) is 17.0 Å². The normalized spacial score (nSPS) is 15.8. The molecule has 1 unspecified atom stereocenters. The molecule has 8 nitrogen and oxygen atoms in total. The second-order valence-electron chi connectivity index (χ2n) is 9.84. The number of anilines is 1. The van der Waals surface area contributed by atoms with Crippen molar-refractivity contribution in [1.29, 1.82) is 0 Å². The summed E-state index contributed by atoms with van der Waals surface area (Å²) in [7, 11) is -3.82. The average molecular weight is 534 g/mol. The van der Waals surface area contributed by atoms with Crippen LogP contribution < -0.4 is 10.0 Å².